The molecule has 2 aliphatic rings. The second-order valence-corrected chi connectivity index (χ2v) is 5.91. The summed E-state index contributed by atoms with van der Waals surface area (Å²) < 4.78 is 0. The average molecular weight is 272 g/mol. The van der Waals surface area contributed by atoms with Gasteiger partial charge in [0, 0.05) is 38.3 Å². The Hall–Kier alpha value is -1.51. The van der Waals surface area contributed by atoms with E-state index in [-0.39, 0.29) is 0 Å². The highest BCUT2D eigenvalue weighted by Gasteiger charge is 2.20. The number of hydrogen-bond acceptors (Lipinski definition) is 2. The Labute approximate surface area is 121 Å². The minimum absolute atomic E-state index is 0.341. The van der Waals surface area contributed by atoms with Crippen molar-refractivity contribution in [2.75, 3.05) is 31.1 Å². The van der Waals surface area contributed by atoms with Crippen molar-refractivity contribution in [3.05, 3.63) is 29.8 Å². The Morgan fingerprint density at radius 1 is 1.00 bits per heavy atom. The number of anilines is 1. The predicted octanol–water partition coefficient (Wildman–Crippen LogP) is 2.84. The van der Waals surface area contributed by atoms with Gasteiger partial charge >= 0.3 is 0 Å². The van der Waals surface area contributed by atoms with Crippen LogP contribution < -0.4 is 4.90 Å². The molecule has 0 radical (unpaired) electrons. The Morgan fingerprint density at radius 2 is 1.80 bits per heavy atom. The van der Waals surface area contributed by atoms with Crippen molar-refractivity contribution in [3.8, 4) is 0 Å². The molecule has 3 heteroatoms. The molecule has 1 aromatic carbocycles. The monoisotopic (exact) mass is 272 g/mol. The van der Waals surface area contributed by atoms with Gasteiger partial charge in [-0.1, -0.05) is 18.2 Å². The van der Waals surface area contributed by atoms with E-state index in [9.17, 15) is 4.79 Å². The molecule has 0 unspecified atom stereocenters. The molecule has 0 bridgehead atoms. The van der Waals surface area contributed by atoms with E-state index in [1.807, 2.05) is 0 Å². The highest BCUT2D eigenvalue weighted by atomic mass is 16.2. The fourth-order valence-corrected chi connectivity index (χ4v) is 3.38. The van der Waals surface area contributed by atoms with Gasteiger partial charge in [0.05, 0.1) is 0 Å². The van der Waals surface area contributed by atoms with Gasteiger partial charge in [0.15, 0.2) is 0 Å². The molecule has 2 aliphatic heterocycles. The summed E-state index contributed by atoms with van der Waals surface area (Å²) in [6.07, 6.45) is 6.68. The van der Waals surface area contributed by atoms with Crippen molar-refractivity contribution in [1.29, 1.82) is 0 Å². The maximum absolute atomic E-state index is 12.3. The van der Waals surface area contributed by atoms with Crippen LogP contribution in [0, 0.1) is 0 Å². The molecule has 3 rings (SSSR count). The van der Waals surface area contributed by atoms with Gasteiger partial charge in [0.1, 0.15) is 0 Å². The number of aryl methyl sites for hydroxylation is 1. The number of amides is 1. The fourth-order valence-electron chi connectivity index (χ4n) is 3.38. The molecule has 0 saturated carbocycles. The molecule has 0 spiro atoms. The SMILES string of the molecule is O=C(CCN1CCCc2ccccc21)N1CCCCC1. The zero-order chi connectivity index (χ0) is 13.8. The predicted molar refractivity (Wildman–Crippen MR) is 82.0 cm³/mol. The molecular formula is C17H24N2O. The minimum Gasteiger partial charge on any atom is -0.371 e. The molecule has 1 aromatic rings. The molecule has 2 heterocycles. The third-order valence-corrected chi connectivity index (χ3v) is 4.51. The van der Waals surface area contributed by atoms with Gasteiger partial charge in [0.25, 0.3) is 0 Å². The summed E-state index contributed by atoms with van der Waals surface area (Å²) in [5.41, 5.74) is 2.77. The van der Waals surface area contributed by atoms with Gasteiger partial charge in [0.2, 0.25) is 5.91 Å². The number of para-hydroxylation sites is 1. The van der Waals surface area contributed by atoms with E-state index in [1.54, 1.807) is 0 Å². The number of hydrogen-bond donors (Lipinski definition) is 0. The molecule has 3 nitrogen and oxygen atoms in total. The van der Waals surface area contributed by atoms with E-state index in [2.05, 4.69) is 34.1 Å². The quantitative estimate of drug-likeness (QED) is 0.844. The molecule has 20 heavy (non-hydrogen) atoms. The van der Waals surface area contributed by atoms with Gasteiger partial charge < -0.3 is 9.80 Å². The number of nitrogens with zero attached hydrogens (tertiary/aromatic N) is 2. The number of benzene rings is 1. The van der Waals surface area contributed by atoms with Crippen LogP contribution in [-0.4, -0.2) is 37.0 Å². The van der Waals surface area contributed by atoms with Crippen LogP contribution in [0.1, 0.15) is 37.7 Å². The standard InChI is InChI=1S/C17H24N2O/c20-17(19-11-4-1-5-12-19)10-14-18-13-6-8-15-7-2-3-9-16(15)18/h2-3,7,9H,1,4-6,8,10-14H2. The van der Waals surface area contributed by atoms with E-state index < -0.39 is 0 Å². The molecule has 1 fully saturated rings. The van der Waals surface area contributed by atoms with Crippen LogP contribution in [0.5, 0.6) is 0 Å². The Kier molecular flexibility index (Phi) is 4.24. The molecule has 1 saturated heterocycles. The van der Waals surface area contributed by atoms with Crippen LogP contribution >= 0.6 is 0 Å². The lowest BCUT2D eigenvalue weighted by atomic mass is 10.0. The molecule has 0 N–H and O–H groups in total. The van der Waals surface area contributed by atoms with Crippen LogP contribution in [0.2, 0.25) is 0 Å². The van der Waals surface area contributed by atoms with Gasteiger partial charge in [-0.2, -0.15) is 0 Å². The van der Waals surface area contributed by atoms with E-state index in [1.165, 1.54) is 43.4 Å². The summed E-state index contributed by atoms with van der Waals surface area (Å²) in [5, 5.41) is 0. The van der Waals surface area contributed by atoms with Gasteiger partial charge in [-0.15, -0.1) is 0 Å². The third-order valence-electron chi connectivity index (χ3n) is 4.51. The lowest BCUT2D eigenvalue weighted by Gasteiger charge is -2.32. The summed E-state index contributed by atoms with van der Waals surface area (Å²) in [4.78, 5) is 16.7. The highest BCUT2D eigenvalue weighted by Crippen LogP contribution is 2.26. The molecule has 0 atom stereocenters. The first kappa shape index (κ1) is 13.5. The maximum atomic E-state index is 12.3. The van der Waals surface area contributed by atoms with E-state index >= 15 is 0 Å². The zero-order valence-corrected chi connectivity index (χ0v) is 12.2. The van der Waals surface area contributed by atoms with Crippen LogP contribution in [-0.2, 0) is 11.2 Å². The van der Waals surface area contributed by atoms with Gasteiger partial charge in [-0.25, -0.2) is 0 Å². The largest absolute Gasteiger partial charge is 0.371 e. The second-order valence-electron chi connectivity index (χ2n) is 5.91. The fraction of sp³-hybridized carbons (Fsp3) is 0.588. The van der Waals surface area contributed by atoms with Crippen LogP contribution in [0.25, 0.3) is 0 Å². The van der Waals surface area contributed by atoms with Crippen molar-refractivity contribution in [2.24, 2.45) is 0 Å². The summed E-state index contributed by atoms with van der Waals surface area (Å²) in [7, 11) is 0. The Balaban J connectivity index is 1.57. The maximum Gasteiger partial charge on any atom is 0.224 e. The zero-order valence-electron chi connectivity index (χ0n) is 12.2. The highest BCUT2D eigenvalue weighted by molar-refractivity contribution is 5.77. The topological polar surface area (TPSA) is 23.6 Å². The summed E-state index contributed by atoms with van der Waals surface area (Å²) in [6, 6.07) is 8.62. The van der Waals surface area contributed by atoms with Crippen LogP contribution in [0.15, 0.2) is 24.3 Å². The summed E-state index contributed by atoms with van der Waals surface area (Å²) in [5.74, 6) is 0.341. The number of likely N-dealkylation sites (tertiary alicyclic amines) is 1. The van der Waals surface area contributed by atoms with Crippen LogP contribution in [0.4, 0.5) is 5.69 Å². The van der Waals surface area contributed by atoms with E-state index in [0.717, 1.165) is 26.2 Å². The molecule has 108 valence electrons. The van der Waals surface area contributed by atoms with Crippen molar-refractivity contribution >= 4 is 11.6 Å². The molecular weight excluding hydrogens is 248 g/mol. The van der Waals surface area contributed by atoms with E-state index in [0.29, 0.717) is 12.3 Å². The number of fused-ring (bicyclic) bond motifs is 1. The number of carbonyl (C=O) groups is 1. The van der Waals surface area contributed by atoms with Gasteiger partial charge in [-0.3, -0.25) is 4.79 Å². The normalized spacial score (nSPS) is 18.8. The lowest BCUT2D eigenvalue weighted by Crippen LogP contribution is -2.38. The molecule has 0 aliphatic carbocycles. The number of rotatable bonds is 3. The Bertz CT molecular complexity index is 466. The molecule has 1 amide bonds. The first-order valence-electron chi connectivity index (χ1n) is 7.95. The van der Waals surface area contributed by atoms with Crippen molar-refractivity contribution < 1.29 is 4.79 Å². The van der Waals surface area contributed by atoms with Crippen molar-refractivity contribution in [3.63, 3.8) is 0 Å². The number of piperidine rings is 1. The van der Waals surface area contributed by atoms with Crippen molar-refractivity contribution in [2.45, 2.75) is 38.5 Å². The summed E-state index contributed by atoms with van der Waals surface area (Å²) in [6.45, 7) is 3.89. The molecule has 0 aromatic heterocycles. The Morgan fingerprint density at radius 3 is 2.65 bits per heavy atom. The first-order valence-corrected chi connectivity index (χ1v) is 7.95. The lowest BCUT2D eigenvalue weighted by molar-refractivity contribution is -0.131. The van der Waals surface area contributed by atoms with Gasteiger partial charge in [-0.05, 0) is 43.7 Å². The first-order chi connectivity index (χ1) is 9.84. The smallest absolute Gasteiger partial charge is 0.224 e. The number of carbonyl (C=O) groups excluding carboxylic acids is 1. The van der Waals surface area contributed by atoms with Crippen LogP contribution in [0.3, 0.4) is 0 Å². The van der Waals surface area contributed by atoms with Crippen molar-refractivity contribution in [1.82, 2.24) is 4.90 Å². The second kappa shape index (κ2) is 6.29. The average Bonchev–Trinajstić information content (AvgIpc) is 2.53. The minimum atomic E-state index is 0.341. The third kappa shape index (κ3) is 2.97. The summed E-state index contributed by atoms with van der Waals surface area (Å²) >= 11 is 0. The van der Waals surface area contributed by atoms with E-state index in [4.69, 9.17) is 0 Å².